The average Bonchev–Trinajstić information content (AvgIpc) is 3.06. The van der Waals surface area contributed by atoms with Gasteiger partial charge in [-0.15, -0.1) is 0 Å². The number of hydrogen-bond acceptors (Lipinski definition) is 3. The number of sulfonamides is 1. The first-order chi connectivity index (χ1) is 10.6. The van der Waals surface area contributed by atoms with Crippen LogP contribution in [0.4, 0.5) is 0 Å². The van der Waals surface area contributed by atoms with Gasteiger partial charge >= 0.3 is 0 Å². The summed E-state index contributed by atoms with van der Waals surface area (Å²) >= 11 is 0. The van der Waals surface area contributed by atoms with Gasteiger partial charge in [0.25, 0.3) is 0 Å². The highest BCUT2D eigenvalue weighted by atomic mass is 32.2. The van der Waals surface area contributed by atoms with Crippen molar-refractivity contribution in [2.24, 2.45) is 0 Å². The maximum absolute atomic E-state index is 12.9. The molecule has 0 saturated carbocycles. The Morgan fingerprint density at radius 1 is 1.23 bits per heavy atom. The molecular formula is C17H20N2O2S. The Morgan fingerprint density at radius 2 is 2.00 bits per heavy atom. The predicted octanol–water partition coefficient (Wildman–Crippen LogP) is 3.17. The van der Waals surface area contributed by atoms with Gasteiger partial charge in [0.1, 0.15) is 0 Å². The Morgan fingerprint density at radius 3 is 2.64 bits per heavy atom. The van der Waals surface area contributed by atoms with Gasteiger partial charge in [0, 0.05) is 18.9 Å². The highest BCUT2D eigenvalue weighted by molar-refractivity contribution is 7.89. The Balaban J connectivity index is 1.93. The lowest BCUT2D eigenvalue weighted by atomic mass is 10.1. The molecule has 2 aromatic rings. The van der Waals surface area contributed by atoms with E-state index in [9.17, 15) is 8.42 Å². The first-order valence-electron chi connectivity index (χ1n) is 7.63. The van der Waals surface area contributed by atoms with Gasteiger partial charge < -0.3 is 0 Å². The summed E-state index contributed by atoms with van der Waals surface area (Å²) in [7, 11) is -3.46. The number of nitrogens with zero attached hydrogens (tertiary/aromatic N) is 2. The second kappa shape index (κ2) is 6.18. The summed E-state index contributed by atoms with van der Waals surface area (Å²) in [6.45, 7) is 2.62. The van der Waals surface area contributed by atoms with E-state index in [0.717, 1.165) is 30.4 Å². The second-order valence-corrected chi connectivity index (χ2v) is 7.45. The third kappa shape index (κ3) is 2.78. The van der Waals surface area contributed by atoms with Crippen molar-refractivity contribution in [3.05, 3.63) is 59.9 Å². The molecule has 1 fully saturated rings. The van der Waals surface area contributed by atoms with Gasteiger partial charge in [-0.3, -0.25) is 4.98 Å². The Bertz CT molecular complexity index is 727. The van der Waals surface area contributed by atoms with Gasteiger partial charge in [-0.2, -0.15) is 4.31 Å². The minimum atomic E-state index is -3.46. The van der Waals surface area contributed by atoms with Gasteiger partial charge in [-0.05, 0) is 48.6 Å². The Hall–Kier alpha value is -1.72. The molecule has 0 bridgehead atoms. The van der Waals surface area contributed by atoms with Crippen molar-refractivity contribution in [3.8, 4) is 0 Å². The van der Waals surface area contributed by atoms with Crippen LogP contribution in [0.25, 0.3) is 0 Å². The van der Waals surface area contributed by atoms with Crippen molar-refractivity contribution in [1.29, 1.82) is 0 Å². The lowest BCUT2D eigenvalue weighted by Crippen LogP contribution is -2.30. The molecule has 2 heterocycles. The SMILES string of the molecule is CCc1ccc(S(=O)(=O)N2CCCC2c2cccnc2)cc1. The summed E-state index contributed by atoms with van der Waals surface area (Å²) in [5.74, 6) is 0. The third-order valence-electron chi connectivity index (χ3n) is 4.21. The van der Waals surface area contributed by atoms with Gasteiger partial charge in [-0.25, -0.2) is 8.42 Å². The minimum Gasteiger partial charge on any atom is -0.264 e. The van der Waals surface area contributed by atoms with Crippen LogP contribution in [-0.2, 0) is 16.4 Å². The van der Waals surface area contributed by atoms with Crippen molar-refractivity contribution in [3.63, 3.8) is 0 Å². The topological polar surface area (TPSA) is 50.3 Å². The molecule has 3 rings (SSSR count). The van der Waals surface area contributed by atoms with E-state index in [4.69, 9.17) is 0 Å². The molecule has 1 saturated heterocycles. The monoisotopic (exact) mass is 316 g/mol. The van der Waals surface area contributed by atoms with E-state index in [1.807, 2.05) is 24.3 Å². The third-order valence-corrected chi connectivity index (χ3v) is 6.13. The molecule has 1 unspecified atom stereocenters. The number of aromatic nitrogens is 1. The quantitative estimate of drug-likeness (QED) is 0.870. The minimum absolute atomic E-state index is 0.107. The van der Waals surface area contributed by atoms with Gasteiger partial charge in [0.05, 0.1) is 10.9 Å². The van der Waals surface area contributed by atoms with Crippen molar-refractivity contribution in [2.45, 2.75) is 37.1 Å². The number of pyridine rings is 1. The predicted molar refractivity (Wildman–Crippen MR) is 85.9 cm³/mol. The van der Waals surface area contributed by atoms with E-state index in [-0.39, 0.29) is 6.04 Å². The average molecular weight is 316 g/mol. The Labute approximate surface area is 131 Å². The van der Waals surface area contributed by atoms with Crippen LogP contribution in [0.1, 0.15) is 36.9 Å². The lowest BCUT2D eigenvalue weighted by molar-refractivity contribution is 0.396. The van der Waals surface area contributed by atoms with E-state index < -0.39 is 10.0 Å². The maximum Gasteiger partial charge on any atom is 0.243 e. The van der Waals surface area contributed by atoms with Crippen LogP contribution in [0.15, 0.2) is 53.7 Å². The van der Waals surface area contributed by atoms with Crippen LogP contribution in [0, 0.1) is 0 Å². The van der Waals surface area contributed by atoms with Crippen LogP contribution >= 0.6 is 0 Å². The lowest BCUT2D eigenvalue weighted by Gasteiger charge is -2.24. The fourth-order valence-electron chi connectivity index (χ4n) is 2.97. The van der Waals surface area contributed by atoms with E-state index in [2.05, 4.69) is 11.9 Å². The van der Waals surface area contributed by atoms with E-state index in [1.165, 1.54) is 0 Å². The number of benzene rings is 1. The summed E-state index contributed by atoms with van der Waals surface area (Å²) in [5, 5.41) is 0. The first kappa shape index (κ1) is 15.2. The van der Waals surface area contributed by atoms with Crippen molar-refractivity contribution in [2.75, 3.05) is 6.54 Å². The molecule has 22 heavy (non-hydrogen) atoms. The normalized spacial score (nSPS) is 19.4. The fraction of sp³-hybridized carbons (Fsp3) is 0.353. The highest BCUT2D eigenvalue weighted by Gasteiger charge is 2.36. The van der Waals surface area contributed by atoms with E-state index in [1.54, 1.807) is 28.8 Å². The molecule has 0 spiro atoms. The molecule has 0 amide bonds. The molecule has 1 atom stereocenters. The molecule has 0 N–H and O–H groups in total. The summed E-state index contributed by atoms with van der Waals surface area (Å²) < 4.78 is 27.5. The van der Waals surface area contributed by atoms with E-state index >= 15 is 0 Å². The summed E-state index contributed by atoms with van der Waals surface area (Å²) in [6.07, 6.45) is 6.10. The number of rotatable bonds is 4. The molecule has 1 aromatic heterocycles. The van der Waals surface area contributed by atoms with E-state index in [0.29, 0.717) is 11.4 Å². The molecule has 1 aliphatic rings. The van der Waals surface area contributed by atoms with Crippen LogP contribution in [-0.4, -0.2) is 24.3 Å². The largest absolute Gasteiger partial charge is 0.264 e. The van der Waals surface area contributed by atoms with Gasteiger partial charge in [-0.1, -0.05) is 25.1 Å². The summed E-state index contributed by atoms with van der Waals surface area (Å²) in [4.78, 5) is 4.50. The number of hydrogen-bond donors (Lipinski definition) is 0. The zero-order valence-electron chi connectivity index (χ0n) is 12.6. The molecule has 0 radical (unpaired) electrons. The molecular weight excluding hydrogens is 296 g/mol. The smallest absolute Gasteiger partial charge is 0.243 e. The summed E-state index contributed by atoms with van der Waals surface area (Å²) in [5.41, 5.74) is 2.11. The molecule has 116 valence electrons. The zero-order chi connectivity index (χ0) is 15.6. The van der Waals surface area contributed by atoms with Crippen LogP contribution < -0.4 is 0 Å². The van der Waals surface area contributed by atoms with Crippen LogP contribution in [0.2, 0.25) is 0 Å². The van der Waals surface area contributed by atoms with Crippen LogP contribution in [0.3, 0.4) is 0 Å². The highest BCUT2D eigenvalue weighted by Crippen LogP contribution is 2.36. The Kier molecular flexibility index (Phi) is 4.27. The standard InChI is InChI=1S/C17H20N2O2S/c1-2-14-7-9-16(10-8-14)22(20,21)19-12-4-6-17(19)15-5-3-11-18-13-15/h3,5,7-11,13,17H,2,4,6,12H2,1H3. The van der Waals surface area contributed by atoms with Crippen molar-refractivity contribution in [1.82, 2.24) is 9.29 Å². The fourth-order valence-corrected chi connectivity index (χ4v) is 4.65. The number of aryl methyl sites for hydroxylation is 1. The first-order valence-corrected chi connectivity index (χ1v) is 9.07. The molecule has 4 nitrogen and oxygen atoms in total. The van der Waals surface area contributed by atoms with Crippen molar-refractivity contribution < 1.29 is 8.42 Å². The molecule has 0 aliphatic carbocycles. The van der Waals surface area contributed by atoms with Gasteiger partial charge in [0.15, 0.2) is 0 Å². The van der Waals surface area contributed by atoms with Crippen LogP contribution in [0.5, 0.6) is 0 Å². The van der Waals surface area contributed by atoms with Crippen molar-refractivity contribution >= 4 is 10.0 Å². The molecule has 5 heteroatoms. The maximum atomic E-state index is 12.9. The zero-order valence-corrected chi connectivity index (χ0v) is 13.5. The second-order valence-electron chi connectivity index (χ2n) is 5.56. The molecule has 1 aliphatic heterocycles. The summed E-state index contributed by atoms with van der Waals surface area (Å²) in [6, 6.07) is 10.9. The molecule has 1 aromatic carbocycles. The van der Waals surface area contributed by atoms with Gasteiger partial charge in [0.2, 0.25) is 10.0 Å².